The Bertz CT molecular complexity index is 328. The van der Waals surface area contributed by atoms with Crippen LogP contribution in [0.15, 0.2) is 12.2 Å². The number of carbonyl (C=O) groups is 2. The van der Waals surface area contributed by atoms with Gasteiger partial charge in [0.15, 0.2) is 0 Å². The molecular formula is C12H20N4O4. The molecule has 2 rings (SSSR count). The first kappa shape index (κ1) is 14.9. The first-order valence-corrected chi connectivity index (χ1v) is 6.77. The highest BCUT2D eigenvalue weighted by Crippen LogP contribution is 1.97. The summed E-state index contributed by atoms with van der Waals surface area (Å²) in [6, 6.07) is 0. The fraction of sp³-hybridized carbons (Fsp3) is 0.667. The van der Waals surface area contributed by atoms with Crippen LogP contribution < -0.4 is 10.6 Å². The molecule has 0 aromatic heterocycles. The summed E-state index contributed by atoms with van der Waals surface area (Å²) in [6.07, 6.45) is 2.18. The van der Waals surface area contributed by atoms with Crippen LogP contribution in [-0.4, -0.2) is 74.4 Å². The molecule has 2 aliphatic heterocycles. The quantitative estimate of drug-likeness (QED) is 0.589. The van der Waals surface area contributed by atoms with E-state index < -0.39 is 11.9 Å². The second-order valence-corrected chi connectivity index (χ2v) is 4.51. The molecule has 0 atom stereocenters. The average Bonchev–Trinajstić information content (AvgIpc) is 2.47. The lowest BCUT2D eigenvalue weighted by Gasteiger charge is -2.25. The SMILES string of the molecule is O=C(/C=C/C(=O)ON1CCNCC1)ON1CCNCC1. The van der Waals surface area contributed by atoms with Gasteiger partial charge in [-0.05, 0) is 0 Å². The molecule has 2 heterocycles. The number of rotatable bonds is 4. The van der Waals surface area contributed by atoms with E-state index in [-0.39, 0.29) is 0 Å². The van der Waals surface area contributed by atoms with E-state index in [1.54, 1.807) is 10.1 Å². The molecule has 2 N–H and O–H groups in total. The van der Waals surface area contributed by atoms with E-state index in [0.29, 0.717) is 26.2 Å². The Kier molecular flexibility index (Phi) is 5.93. The standard InChI is InChI=1S/C12H20N4O4/c17-11(19-15-7-3-13-4-8-15)1-2-12(18)20-16-9-5-14-6-10-16/h1-2,13-14H,3-10H2/b2-1+. The van der Waals surface area contributed by atoms with Crippen molar-refractivity contribution < 1.29 is 19.3 Å². The van der Waals surface area contributed by atoms with Crippen LogP contribution in [0, 0.1) is 0 Å². The molecule has 2 saturated heterocycles. The van der Waals surface area contributed by atoms with Crippen LogP contribution in [0.1, 0.15) is 0 Å². The summed E-state index contributed by atoms with van der Waals surface area (Å²) in [7, 11) is 0. The third-order valence-electron chi connectivity index (χ3n) is 2.95. The maximum absolute atomic E-state index is 11.5. The molecule has 0 amide bonds. The smallest absolute Gasteiger partial charge is 0.349 e. The van der Waals surface area contributed by atoms with Gasteiger partial charge in [-0.3, -0.25) is 0 Å². The van der Waals surface area contributed by atoms with Crippen molar-refractivity contribution in [3.8, 4) is 0 Å². The van der Waals surface area contributed by atoms with E-state index >= 15 is 0 Å². The van der Waals surface area contributed by atoms with Crippen LogP contribution in [0.4, 0.5) is 0 Å². The Morgan fingerprint density at radius 2 is 1.10 bits per heavy atom. The van der Waals surface area contributed by atoms with Crippen molar-refractivity contribution in [2.75, 3.05) is 52.4 Å². The number of piperazine rings is 2. The first-order valence-electron chi connectivity index (χ1n) is 6.77. The lowest BCUT2D eigenvalue weighted by molar-refractivity contribution is -0.189. The number of nitrogens with zero attached hydrogens (tertiary/aromatic N) is 2. The molecule has 0 radical (unpaired) electrons. The molecule has 0 aliphatic carbocycles. The predicted molar refractivity (Wildman–Crippen MR) is 70.2 cm³/mol. The lowest BCUT2D eigenvalue weighted by atomic mass is 10.4. The van der Waals surface area contributed by atoms with Crippen molar-refractivity contribution in [2.24, 2.45) is 0 Å². The Morgan fingerprint density at radius 3 is 1.45 bits per heavy atom. The van der Waals surface area contributed by atoms with Crippen LogP contribution in [0.3, 0.4) is 0 Å². The van der Waals surface area contributed by atoms with E-state index in [9.17, 15) is 9.59 Å². The zero-order valence-electron chi connectivity index (χ0n) is 11.3. The summed E-state index contributed by atoms with van der Waals surface area (Å²) < 4.78 is 0. The van der Waals surface area contributed by atoms with Gasteiger partial charge in [0.05, 0.1) is 0 Å². The van der Waals surface area contributed by atoms with Crippen LogP contribution >= 0.6 is 0 Å². The monoisotopic (exact) mass is 284 g/mol. The van der Waals surface area contributed by atoms with E-state index in [1.165, 1.54) is 0 Å². The van der Waals surface area contributed by atoms with Crippen molar-refractivity contribution in [3.05, 3.63) is 12.2 Å². The summed E-state index contributed by atoms with van der Waals surface area (Å²) >= 11 is 0. The number of nitrogens with one attached hydrogen (secondary N) is 2. The number of carbonyl (C=O) groups excluding carboxylic acids is 2. The molecule has 8 heteroatoms. The molecule has 0 spiro atoms. The minimum atomic E-state index is -0.566. The largest absolute Gasteiger partial charge is 0.364 e. The highest BCUT2D eigenvalue weighted by Gasteiger charge is 2.15. The molecule has 0 unspecified atom stereocenters. The molecule has 0 aromatic carbocycles. The van der Waals surface area contributed by atoms with E-state index in [1.807, 2.05) is 0 Å². The number of hydrogen-bond acceptors (Lipinski definition) is 8. The van der Waals surface area contributed by atoms with Gasteiger partial charge in [-0.25, -0.2) is 9.59 Å². The Morgan fingerprint density at radius 1 is 0.750 bits per heavy atom. The first-order chi connectivity index (χ1) is 9.74. The van der Waals surface area contributed by atoms with Crippen LogP contribution in [0.25, 0.3) is 0 Å². The van der Waals surface area contributed by atoms with E-state index in [0.717, 1.165) is 38.3 Å². The molecular weight excluding hydrogens is 264 g/mol. The van der Waals surface area contributed by atoms with Crippen molar-refractivity contribution in [2.45, 2.75) is 0 Å². The maximum atomic E-state index is 11.5. The molecule has 8 nitrogen and oxygen atoms in total. The number of hydroxylamine groups is 4. The summed E-state index contributed by atoms with van der Waals surface area (Å²) in [6.45, 7) is 5.69. The molecule has 112 valence electrons. The summed E-state index contributed by atoms with van der Waals surface area (Å²) in [5.74, 6) is -1.13. The predicted octanol–water partition coefficient (Wildman–Crippen LogP) is -1.73. The minimum absolute atomic E-state index is 0.566. The Labute approximate surface area is 117 Å². The van der Waals surface area contributed by atoms with Crippen LogP contribution in [-0.2, 0) is 19.3 Å². The van der Waals surface area contributed by atoms with E-state index in [4.69, 9.17) is 9.68 Å². The van der Waals surface area contributed by atoms with E-state index in [2.05, 4.69) is 10.6 Å². The topological polar surface area (TPSA) is 83.1 Å². The van der Waals surface area contributed by atoms with Gasteiger partial charge < -0.3 is 20.3 Å². The maximum Gasteiger partial charge on any atom is 0.349 e. The van der Waals surface area contributed by atoms with Gasteiger partial charge >= 0.3 is 11.9 Å². The van der Waals surface area contributed by atoms with Crippen molar-refractivity contribution in [1.82, 2.24) is 20.8 Å². The second-order valence-electron chi connectivity index (χ2n) is 4.51. The zero-order valence-corrected chi connectivity index (χ0v) is 11.3. The molecule has 0 saturated carbocycles. The van der Waals surface area contributed by atoms with Gasteiger partial charge in [0.1, 0.15) is 0 Å². The molecule has 0 bridgehead atoms. The second kappa shape index (κ2) is 7.95. The molecule has 2 aliphatic rings. The summed E-state index contributed by atoms with van der Waals surface area (Å²) in [4.78, 5) is 33.1. The van der Waals surface area contributed by atoms with Gasteiger partial charge in [-0.15, -0.1) is 10.1 Å². The van der Waals surface area contributed by atoms with Gasteiger partial charge in [0, 0.05) is 64.5 Å². The summed E-state index contributed by atoms with van der Waals surface area (Å²) in [5, 5.41) is 9.44. The normalized spacial score (nSPS) is 21.8. The third-order valence-corrected chi connectivity index (χ3v) is 2.95. The highest BCUT2D eigenvalue weighted by molar-refractivity contribution is 5.91. The van der Waals surface area contributed by atoms with Gasteiger partial charge in [-0.2, -0.15) is 0 Å². The molecule has 2 fully saturated rings. The average molecular weight is 284 g/mol. The zero-order chi connectivity index (χ0) is 14.2. The van der Waals surface area contributed by atoms with Gasteiger partial charge in [0.25, 0.3) is 0 Å². The summed E-state index contributed by atoms with van der Waals surface area (Å²) in [5.41, 5.74) is 0. The Balaban J connectivity index is 1.67. The minimum Gasteiger partial charge on any atom is -0.364 e. The fourth-order valence-corrected chi connectivity index (χ4v) is 1.92. The van der Waals surface area contributed by atoms with Crippen molar-refractivity contribution >= 4 is 11.9 Å². The highest BCUT2D eigenvalue weighted by atomic mass is 16.7. The molecule has 20 heavy (non-hydrogen) atoms. The molecule has 0 aromatic rings. The Hall–Kier alpha value is -1.48. The van der Waals surface area contributed by atoms with Gasteiger partial charge in [0.2, 0.25) is 0 Å². The van der Waals surface area contributed by atoms with Gasteiger partial charge in [-0.1, -0.05) is 0 Å². The number of hydrogen-bond donors (Lipinski definition) is 2. The van der Waals surface area contributed by atoms with Crippen LogP contribution in [0.5, 0.6) is 0 Å². The lowest BCUT2D eigenvalue weighted by Crippen LogP contribution is -2.44. The third kappa shape index (κ3) is 5.25. The van der Waals surface area contributed by atoms with Crippen LogP contribution in [0.2, 0.25) is 0 Å². The van der Waals surface area contributed by atoms with Crippen molar-refractivity contribution in [3.63, 3.8) is 0 Å². The fourth-order valence-electron chi connectivity index (χ4n) is 1.92. The van der Waals surface area contributed by atoms with Crippen molar-refractivity contribution in [1.29, 1.82) is 0 Å².